The Morgan fingerprint density at radius 2 is 2.33 bits per heavy atom. The number of aromatic nitrogens is 1. The molecule has 3 nitrogen and oxygen atoms in total. The van der Waals surface area contributed by atoms with E-state index >= 15 is 0 Å². The minimum absolute atomic E-state index is 0.692. The molecule has 1 aliphatic carbocycles. The van der Waals surface area contributed by atoms with E-state index in [-0.39, 0.29) is 0 Å². The van der Waals surface area contributed by atoms with Crippen molar-refractivity contribution in [2.24, 2.45) is 11.8 Å². The van der Waals surface area contributed by atoms with Crippen LogP contribution in [0.5, 0.6) is 5.75 Å². The van der Waals surface area contributed by atoms with Gasteiger partial charge in [-0.3, -0.25) is 4.98 Å². The highest BCUT2D eigenvalue weighted by molar-refractivity contribution is 5.67. The van der Waals surface area contributed by atoms with Crippen LogP contribution in [0, 0.1) is 11.8 Å². The molecule has 2 heterocycles. The molecule has 0 unspecified atom stereocenters. The van der Waals surface area contributed by atoms with Crippen LogP contribution in [0.15, 0.2) is 37.4 Å². The van der Waals surface area contributed by atoms with Gasteiger partial charge in [0.1, 0.15) is 5.75 Å². The largest absolute Gasteiger partial charge is 0.464 e. The van der Waals surface area contributed by atoms with Gasteiger partial charge in [0.05, 0.1) is 12.5 Å². The smallest absolute Gasteiger partial charge is 0.145 e. The number of hydrogen-bond donors (Lipinski definition) is 1. The third-order valence-corrected chi connectivity index (χ3v) is 3.90. The summed E-state index contributed by atoms with van der Waals surface area (Å²) >= 11 is 0. The molecule has 1 aromatic rings. The fourth-order valence-electron chi connectivity index (χ4n) is 2.94. The first kappa shape index (κ1) is 11.5. The molecule has 0 aromatic carbocycles. The van der Waals surface area contributed by atoms with Gasteiger partial charge in [0, 0.05) is 12.7 Å². The van der Waals surface area contributed by atoms with Gasteiger partial charge in [0.15, 0.2) is 0 Å². The van der Waals surface area contributed by atoms with E-state index < -0.39 is 0 Å². The second kappa shape index (κ2) is 4.94. The summed E-state index contributed by atoms with van der Waals surface area (Å²) in [6.45, 7) is 5.86. The second-order valence-electron chi connectivity index (χ2n) is 5.01. The van der Waals surface area contributed by atoms with E-state index in [1.165, 1.54) is 30.4 Å². The van der Waals surface area contributed by atoms with Crippen molar-refractivity contribution in [1.82, 2.24) is 10.3 Å². The van der Waals surface area contributed by atoms with Gasteiger partial charge in [-0.05, 0) is 48.4 Å². The number of nitrogens with one attached hydrogen (secondary N) is 1. The molecule has 0 saturated carbocycles. The van der Waals surface area contributed by atoms with E-state index in [0.29, 0.717) is 5.92 Å². The van der Waals surface area contributed by atoms with Crippen LogP contribution in [0.4, 0.5) is 0 Å². The fraction of sp³-hybridized carbons (Fsp3) is 0.400. The Hall–Kier alpha value is -1.61. The molecule has 94 valence electrons. The Kier molecular flexibility index (Phi) is 3.15. The molecule has 2 atom stereocenters. The maximum Gasteiger partial charge on any atom is 0.145 e. The Morgan fingerprint density at radius 1 is 1.39 bits per heavy atom. The van der Waals surface area contributed by atoms with Crippen LogP contribution >= 0.6 is 0 Å². The second-order valence-corrected chi connectivity index (χ2v) is 5.01. The van der Waals surface area contributed by atoms with E-state index in [2.05, 4.69) is 23.0 Å². The summed E-state index contributed by atoms with van der Waals surface area (Å²) < 4.78 is 5.29. The van der Waals surface area contributed by atoms with Gasteiger partial charge in [-0.2, -0.15) is 0 Å². The van der Waals surface area contributed by atoms with E-state index in [4.69, 9.17) is 4.74 Å². The lowest BCUT2D eigenvalue weighted by Crippen LogP contribution is -2.15. The number of allylic oxidation sites excluding steroid dienone is 1. The highest BCUT2D eigenvalue weighted by Gasteiger charge is 2.29. The summed E-state index contributed by atoms with van der Waals surface area (Å²) in [6, 6.07) is 2.04. The number of nitrogens with zero attached hydrogens (tertiary/aromatic N) is 1. The molecule has 0 radical (unpaired) electrons. The summed E-state index contributed by atoms with van der Waals surface area (Å²) in [6.07, 6.45) is 9.91. The van der Waals surface area contributed by atoms with Gasteiger partial charge >= 0.3 is 0 Å². The average molecular weight is 242 g/mol. The molecule has 0 spiro atoms. The summed E-state index contributed by atoms with van der Waals surface area (Å²) in [5, 5.41) is 3.47. The Bertz CT molecular complexity index is 481. The third-order valence-electron chi connectivity index (χ3n) is 3.90. The van der Waals surface area contributed by atoms with E-state index in [0.717, 1.165) is 24.6 Å². The molecule has 0 amide bonds. The van der Waals surface area contributed by atoms with Crippen molar-refractivity contribution in [1.29, 1.82) is 0 Å². The molecule has 1 saturated heterocycles. The zero-order chi connectivity index (χ0) is 12.4. The number of ether oxygens (including phenoxy) is 1. The van der Waals surface area contributed by atoms with Gasteiger partial charge in [-0.15, -0.1) is 0 Å². The number of fused-ring (bicyclic) bond motifs is 1. The number of pyridine rings is 1. The highest BCUT2D eigenvalue weighted by Crippen LogP contribution is 2.36. The Balaban J connectivity index is 1.85. The van der Waals surface area contributed by atoms with Gasteiger partial charge in [-0.1, -0.05) is 12.7 Å². The zero-order valence-electron chi connectivity index (χ0n) is 10.4. The molecular weight excluding hydrogens is 224 g/mol. The molecule has 0 bridgehead atoms. The van der Waals surface area contributed by atoms with Crippen molar-refractivity contribution >= 4 is 5.57 Å². The van der Waals surface area contributed by atoms with Crippen molar-refractivity contribution in [3.8, 4) is 5.75 Å². The lowest BCUT2D eigenvalue weighted by atomic mass is 9.81. The molecule has 2 aliphatic rings. The van der Waals surface area contributed by atoms with E-state index in [1.807, 2.05) is 12.3 Å². The van der Waals surface area contributed by atoms with Crippen LogP contribution in [-0.4, -0.2) is 18.1 Å². The molecule has 3 heteroatoms. The average Bonchev–Trinajstić information content (AvgIpc) is 2.86. The first-order chi connectivity index (χ1) is 8.86. The minimum Gasteiger partial charge on any atom is -0.464 e. The van der Waals surface area contributed by atoms with Crippen molar-refractivity contribution in [3.05, 3.63) is 42.9 Å². The normalized spacial score (nSPS) is 26.3. The monoisotopic (exact) mass is 242 g/mol. The van der Waals surface area contributed by atoms with Crippen molar-refractivity contribution in [2.75, 3.05) is 13.1 Å². The quantitative estimate of drug-likeness (QED) is 0.827. The van der Waals surface area contributed by atoms with Gasteiger partial charge in [-0.25, -0.2) is 0 Å². The standard InChI is InChI=1S/C15H18N2O/c1-2-18-15-6-14(9-17-10-15)11-3-4-12-7-16-8-13(12)5-11/h2,5-6,9-10,12-13,16H,1,3-4,7-8H2/t12-,13+/m0/s1. The maximum absolute atomic E-state index is 5.29. The van der Waals surface area contributed by atoms with Crippen LogP contribution in [0.25, 0.3) is 5.57 Å². The first-order valence-electron chi connectivity index (χ1n) is 6.51. The van der Waals surface area contributed by atoms with Crippen LogP contribution in [-0.2, 0) is 0 Å². The summed E-state index contributed by atoms with van der Waals surface area (Å²) in [7, 11) is 0. The van der Waals surface area contributed by atoms with Crippen molar-refractivity contribution in [3.63, 3.8) is 0 Å². The summed E-state index contributed by atoms with van der Waals surface area (Å²) in [4.78, 5) is 4.23. The number of hydrogen-bond acceptors (Lipinski definition) is 3. The van der Waals surface area contributed by atoms with E-state index in [1.54, 1.807) is 6.20 Å². The first-order valence-corrected chi connectivity index (χ1v) is 6.51. The molecule has 1 aliphatic heterocycles. The minimum atomic E-state index is 0.692. The summed E-state index contributed by atoms with van der Waals surface area (Å²) in [5.41, 5.74) is 2.58. The predicted molar refractivity (Wildman–Crippen MR) is 72.1 cm³/mol. The molecule has 1 aromatic heterocycles. The van der Waals surface area contributed by atoms with Gasteiger partial charge in [0.25, 0.3) is 0 Å². The molecule has 1 N–H and O–H groups in total. The van der Waals surface area contributed by atoms with Crippen LogP contribution in [0.2, 0.25) is 0 Å². The highest BCUT2D eigenvalue weighted by atomic mass is 16.5. The van der Waals surface area contributed by atoms with Gasteiger partial charge in [0.2, 0.25) is 0 Å². The van der Waals surface area contributed by atoms with Crippen molar-refractivity contribution in [2.45, 2.75) is 12.8 Å². The third kappa shape index (κ3) is 2.18. The Labute approximate surface area is 108 Å². The van der Waals surface area contributed by atoms with Crippen LogP contribution in [0.3, 0.4) is 0 Å². The Morgan fingerprint density at radius 3 is 3.22 bits per heavy atom. The van der Waals surface area contributed by atoms with Crippen molar-refractivity contribution < 1.29 is 4.74 Å². The molecule has 3 rings (SSSR count). The maximum atomic E-state index is 5.29. The van der Waals surface area contributed by atoms with Crippen LogP contribution in [0.1, 0.15) is 18.4 Å². The predicted octanol–water partition coefficient (Wildman–Crippen LogP) is 2.62. The molecule has 18 heavy (non-hydrogen) atoms. The fourth-order valence-corrected chi connectivity index (χ4v) is 2.94. The van der Waals surface area contributed by atoms with E-state index in [9.17, 15) is 0 Å². The lowest BCUT2D eigenvalue weighted by molar-refractivity contribution is 0.447. The molecule has 1 fully saturated rings. The lowest BCUT2D eigenvalue weighted by Gasteiger charge is -2.23. The summed E-state index contributed by atoms with van der Waals surface area (Å²) in [5.74, 6) is 2.28. The number of rotatable bonds is 3. The topological polar surface area (TPSA) is 34.1 Å². The van der Waals surface area contributed by atoms with Crippen LogP contribution < -0.4 is 10.1 Å². The van der Waals surface area contributed by atoms with Gasteiger partial charge < -0.3 is 10.1 Å². The molecular formula is C15H18N2O. The SMILES string of the molecule is C=COc1cncc(C2=C[C@@H]3CNC[C@@H]3CC2)c1. The zero-order valence-corrected chi connectivity index (χ0v) is 10.4.